The fourth-order valence-electron chi connectivity index (χ4n) is 1.20. The summed E-state index contributed by atoms with van der Waals surface area (Å²) in [6, 6.07) is 0. The van der Waals surface area contributed by atoms with Crippen molar-refractivity contribution in [1.29, 1.82) is 0 Å². The first-order valence-corrected chi connectivity index (χ1v) is 4.49. The maximum absolute atomic E-state index is 10.6. The normalized spacial score (nSPS) is 10.1. The Bertz CT molecular complexity index is 400. The van der Waals surface area contributed by atoms with Crippen molar-refractivity contribution in [2.45, 2.75) is 20.1 Å². The van der Waals surface area contributed by atoms with E-state index in [9.17, 15) is 14.9 Å². The molecule has 8 heteroatoms. The maximum atomic E-state index is 10.6. The fraction of sp³-hybridized carbons (Fsp3) is 0.500. The van der Waals surface area contributed by atoms with Crippen molar-refractivity contribution in [1.82, 2.24) is 9.55 Å². The van der Waals surface area contributed by atoms with Gasteiger partial charge in [-0.1, -0.05) is 0 Å². The van der Waals surface area contributed by atoms with Crippen molar-refractivity contribution >= 4 is 11.8 Å². The van der Waals surface area contributed by atoms with Crippen LogP contribution in [0, 0.1) is 10.1 Å². The second-order valence-electron chi connectivity index (χ2n) is 2.94. The van der Waals surface area contributed by atoms with Crippen LogP contribution >= 0.6 is 0 Å². The standard InChI is InChI=1S/C8H11N3O5/c1-6(13)16-3-2-10-7(5-12)9-4-8(10)11(14)15/h4,12H,2-3,5H2,1H3. The van der Waals surface area contributed by atoms with Gasteiger partial charge in [0.25, 0.3) is 0 Å². The lowest BCUT2D eigenvalue weighted by molar-refractivity contribution is -0.392. The number of carbonyl (C=O) groups is 1. The number of imidazole rings is 1. The Hall–Kier alpha value is -1.96. The topological polar surface area (TPSA) is 107 Å². The predicted octanol–water partition coefficient (Wildman–Crippen LogP) is -0.153. The highest BCUT2D eigenvalue weighted by molar-refractivity contribution is 5.65. The summed E-state index contributed by atoms with van der Waals surface area (Å²) >= 11 is 0. The van der Waals surface area contributed by atoms with Gasteiger partial charge in [-0.3, -0.25) is 4.79 Å². The summed E-state index contributed by atoms with van der Waals surface area (Å²) in [5.41, 5.74) is 0. The molecule has 1 N–H and O–H groups in total. The first kappa shape index (κ1) is 12.1. The molecule has 0 bridgehead atoms. The molecule has 0 radical (unpaired) electrons. The summed E-state index contributed by atoms with van der Waals surface area (Å²) < 4.78 is 5.86. The van der Waals surface area contributed by atoms with Crippen molar-refractivity contribution < 1.29 is 19.6 Å². The Morgan fingerprint density at radius 3 is 2.94 bits per heavy atom. The second kappa shape index (κ2) is 5.21. The molecule has 1 aromatic heterocycles. The van der Waals surface area contributed by atoms with Gasteiger partial charge in [0.1, 0.15) is 26.0 Å². The average Bonchev–Trinajstić information content (AvgIpc) is 2.60. The van der Waals surface area contributed by atoms with Crippen molar-refractivity contribution in [3.05, 3.63) is 22.1 Å². The van der Waals surface area contributed by atoms with Crippen LogP contribution in [0.3, 0.4) is 0 Å². The van der Waals surface area contributed by atoms with Crippen LogP contribution in [0.4, 0.5) is 5.82 Å². The van der Waals surface area contributed by atoms with Gasteiger partial charge in [0.2, 0.25) is 5.82 Å². The third-order valence-corrected chi connectivity index (χ3v) is 1.87. The number of hydrogen-bond donors (Lipinski definition) is 1. The number of aliphatic hydroxyl groups is 1. The molecule has 16 heavy (non-hydrogen) atoms. The molecule has 8 nitrogen and oxygen atoms in total. The van der Waals surface area contributed by atoms with Crippen molar-refractivity contribution in [3.8, 4) is 0 Å². The molecule has 0 saturated heterocycles. The van der Waals surface area contributed by atoms with E-state index in [-0.39, 0.29) is 24.8 Å². The van der Waals surface area contributed by atoms with Crippen LogP contribution in [0.15, 0.2) is 6.20 Å². The highest BCUT2D eigenvalue weighted by Crippen LogP contribution is 2.13. The van der Waals surface area contributed by atoms with Crippen LogP contribution in [0.5, 0.6) is 0 Å². The number of carbonyl (C=O) groups excluding carboxylic acids is 1. The van der Waals surface area contributed by atoms with Gasteiger partial charge in [-0.2, -0.15) is 0 Å². The molecular weight excluding hydrogens is 218 g/mol. The molecule has 0 spiro atoms. The van der Waals surface area contributed by atoms with Crippen LogP contribution in [0.25, 0.3) is 0 Å². The molecule has 0 atom stereocenters. The molecule has 88 valence electrons. The molecule has 0 aliphatic carbocycles. The molecule has 0 amide bonds. The van der Waals surface area contributed by atoms with E-state index >= 15 is 0 Å². The van der Waals surface area contributed by atoms with E-state index < -0.39 is 17.5 Å². The smallest absolute Gasteiger partial charge is 0.343 e. The summed E-state index contributed by atoms with van der Waals surface area (Å²) in [5.74, 6) is -0.539. The third kappa shape index (κ3) is 2.76. The third-order valence-electron chi connectivity index (χ3n) is 1.87. The van der Waals surface area contributed by atoms with E-state index in [1.54, 1.807) is 0 Å². The molecule has 1 aromatic rings. The predicted molar refractivity (Wildman–Crippen MR) is 51.4 cm³/mol. The number of aliphatic hydroxyl groups excluding tert-OH is 1. The molecule has 1 rings (SSSR count). The maximum Gasteiger partial charge on any atom is 0.343 e. The number of rotatable bonds is 5. The number of hydrogen-bond acceptors (Lipinski definition) is 6. The quantitative estimate of drug-likeness (QED) is 0.427. The van der Waals surface area contributed by atoms with E-state index in [4.69, 9.17) is 5.11 Å². The molecule has 0 aliphatic heterocycles. The summed E-state index contributed by atoms with van der Waals surface area (Å²) in [7, 11) is 0. The zero-order valence-corrected chi connectivity index (χ0v) is 8.62. The monoisotopic (exact) mass is 229 g/mol. The Morgan fingerprint density at radius 2 is 2.44 bits per heavy atom. The number of nitrogens with zero attached hydrogens (tertiary/aromatic N) is 3. The van der Waals surface area contributed by atoms with E-state index in [0.717, 1.165) is 6.20 Å². The molecule has 0 fully saturated rings. The van der Waals surface area contributed by atoms with Crippen LogP contribution < -0.4 is 0 Å². The van der Waals surface area contributed by atoms with Crippen LogP contribution in [0.1, 0.15) is 12.7 Å². The van der Waals surface area contributed by atoms with Crippen LogP contribution in [0.2, 0.25) is 0 Å². The zero-order valence-electron chi connectivity index (χ0n) is 8.62. The van der Waals surface area contributed by atoms with Crippen molar-refractivity contribution in [2.24, 2.45) is 0 Å². The molecule has 0 aliphatic rings. The van der Waals surface area contributed by atoms with Gasteiger partial charge >= 0.3 is 11.8 Å². The molecule has 0 aromatic carbocycles. The van der Waals surface area contributed by atoms with Crippen LogP contribution in [-0.2, 0) is 22.7 Å². The Balaban J connectivity index is 2.78. The largest absolute Gasteiger partial charge is 0.462 e. The average molecular weight is 229 g/mol. The summed E-state index contributed by atoms with van der Waals surface area (Å²) in [6.07, 6.45) is 1.05. The lowest BCUT2D eigenvalue weighted by atomic mass is 10.5. The highest BCUT2D eigenvalue weighted by atomic mass is 16.6. The zero-order chi connectivity index (χ0) is 12.1. The van der Waals surface area contributed by atoms with Gasteiger partial charge in [-0.15, -0.1) is 0 Å². The highest BCUT2D eigenvalue weighted by Gasteiger charge is 2.19. The van der Waals surface area contributed by atoms with Crippen molar-refractivity contribution in [2.75, 3.05) is 6.61 Å². The minimum absolute atomic E-state index is 0.000463. The van der Waals surface area contributed by atoms with Gasteiger partial charge < -0.3 is 20.0 Å². The SMILES string of the molecule is CC(=O)OCCn1c([N+](=O)[O-])cnc1CO. The number of aromatic nitrogens is 2. The van der Waals surface area contributed by atoms with Gasteiger partial charge in [-0.05, 0) is 4.92 Å². The Morgan fingerprint density at radius 1 is 1.75 bits per heavy atom. The first-order valence-electron chi connectivity index (χ1n) is 4.49. The lowest BCUT2D eigenvalue weighted by Crippen LogP contribution is -2.13. The van der Waals surface area contributed by atoms with Gasteiger partial charge in [-0.25, -0.2) is 9.55 Å². The molecular formula is C8H11N3O5. The lowest BCUT2D eigenvalue weighted by Gasteiger charge is -2.03. The molecule has 0 unspecified atom stereocenters. The van der Waals surface area contributed by atoms with E-state index in [2.05, 4.69) is 9.72 Å². The Labute approximate surface area is 90.6 Å². The number of nitro groups is 1. The number of ether oxygens (including phenoxy) is 1. The minimum atomic E-state index is -0.611. The van der Waals surface area contributed by atoms with E-state index in [1.165, 1.54) is 11.5 Å². The van der Waals surface area contributed by atoms with Gasteiger partial charge in [0, 0.05) is 6.92 Å². The molecule has 0 saturated carbocycles. The Kier molecular flexibility index (Phi) is 3.95. The van der Waals surface area contributed by atoms with Gasteiger partial charge in [0.05, 0.1) is 0 Å². The summed E-state index contributed by atoms with van der Waals surface area (Å²) in [5, 5.41) is 19.5. The minimum Gasteiger partial charge on any atom is -0.462 e. The first-order chi connectivity index (χ1) is 7.56. The van der Waals surface area contributed by atoms with E-state index in [1.807, 2.05) is 0 Å². The molecule has 1 heterocycles. The summed E-state index contributed by atoms with van der Waals surface area (Å²) in [4.78, 5) is 24.2. The fourth-order valence-corrected chi connectivity index (χ4v) is 1.20. The van der Waals surface area contributed by atoms with E-state index in [0.29, 0.717) is 0 Å². The van der Waals surface area contributed by atoms with Crippen LogP contribution in [-0.4, -0.2) is 32.2 Å². The summed E-state index contributed by atoms with van der Waals surface area (Å²) in [6.45, 7) is 0.925. The second-order valence-corrected chi connectivity index (χ2v) is 2.94. The van der Waals surface area contributed by atoms with Crippen molar-refractivity contribution in [3.63, 3.8) is 0 Å². The number of esters is 1. The van der Waals surface area contributed by atoms with Gasteiger partial charge in [0.15, 0.2) is 0 Å².